The minimum atomic E-state index is -0.0700. The number of alkyl halides is 1. The lowest BCUT2D eigenvalue weighted by Gasteiger charge is -2.27. The van der Waals surface area contributed by atoms with Crippen molar-refractivity contribution in [3.05, 3.63) is 27.7 Å². The van der Waals surface area contributed by atoms with Crippen molar-refractivity contribution < 1.29 is 4.74 Å². The van der Waals surface area contributed by atoms with E-state index in [1.54, 1.807) is 7.11 Å². The van der Waals surface area contributed by atoms with E-state index in [-0.39, 0.29) is 10.8 Å². The van der Waals surface area contributed by atoms with Gasteiger partial charge in [0.15, 0.2) is 0 Å². The van der Waals surface area contributed by atoms with E-state index in [0.29, 0.717) is 0 Å². The summed E-state index contributed by atoms with van der Waals surface area (Å²) in [6.45, 7) is 8.41. The van der Waals surface area contributed by atoms with Crippen molar-refractivity contribution in [2.75, 3.05) is 7.11 Å². The van der Waals surface area contributed by atoms with Crippen molar-refractivity contribution in [3.63, 3.8) is 0 Å². The van der Waals surface area contributed by atoms with Crippen LogP contribution >= 0.6 is 27.5 Å². The Morgan fingerprint density at radius 2 is 1.88 bits per heavy atom. The number of hydrogen-bond donors (Lipinski definition) is 0. The van der Waals surface area contributed by atoms with Crippen molar-refractivity contribution in [2.24, 2.45) is 5.41 Å². The van der Waals surface area contributed by atoms with Gasteiger partial charge in [-0.05, 0) is 30.0 Å². The van der Waals surface area contributed by atoms with E-state index in [1.165, 1.54) is 0 Å². The molecule has 0 radical (unpaired) electrons. The smallest absolute Gasteiger partial charge is 0.123 e. The van der Waals surface area contributed by atoms with E-state index in [0.717, 1.165) is 21.3 Å². The Hall–Kier alpha value is -0.210. The third-order valence-corrected chi connectivity index (χ3v) is 4.29. The average molecular weight is 306 g/mol. The zero-order valence-corrected chi connectivity index (χ0v) is 12.7. The molecule has 1 rings (SSSR count). The van der Waals surface area contributed by atoms with Gasteiger partial charge >= 0.3 is 0 Å². The predicted octanol–water partition coefficient (Wildman–Crippen LogP) is 5.09. The Kier molecular flexibility index (Phi) is 4.30. The van der Waals surface area contributed by atoms with Crippen molar-refractivity contribution in [2.45, 2.75) is 33.1 Å². The van der Waals surface area contributed by atoms with Crippen LogP contribution in [0.3, 0.4) is 0 Å². The van der Waals surface area contributed by atoms with Gasteiger partial charge in [0.1, 0.15) is 5.75 Å². The maximum atomic E-state index is 6.49. The van der Waals surface area contributed by atoms with Gasteiger partial charge in [0, 0.05) is 10.0 Å². The summed E-state index contributed by atoms with van der Waals surface area (Å²) in [4.78, 5) is 0. The first-order valence-corrected chi connectivity index (χ1v) is 6.48. The molecule has 0 N–H and O–H groups in total. The van der Waals surface area contributed by atoms with Crippen LogP contribution in [0.25, 0.3) is 0 Å². The molecule has 0 bridgehead atoms. The highest BCUT2D eigenvalue weighted by Gasteiger charge is 2.27. The van der Waals surface area contributed by atoms with Crippen LogP contribution in [0.15, 0.2) is 16.6 Å². The van der Waals surface area contributed by atoms with E-state index in [4.69, 9.17) is 16.3 Å². The Morgan fingerprint density at radius 1 is 1.31 bits per heavy atom. The fourth-order valence-electron chi connectivity index (χ4n) is 1.51. The van der Waals surface area contributed by atoms with Gasteiger partial charge in [0.2, 0.25) is 0 Å². The van der Waals surface area contributed by atoms with Crippen LogP contribution in [-0.4, -0.2) is 7.11 Å². The standard InChI is InChI=1S/C13H18BrClO/c1-8-6-11(16-5)9(7-10(8)14)12(15)13(2,3)4/h6-7,12H,1-5H3. The molecule has 3 heteroatoms. The lowest BCUT2D eigenvalue weighted by Crippen LogP contribution is -2.14. The first-order chi connectivity index (χ1) is 7.27. The minimum Gasteiger partial charge on any atom is -0.496 e. The first kappa shape index (κ1) is 13.9. The van der Waals surface area contributed by atoms with E-state index in [9.17, 15) is 0 Å². The average Bonchev–Trinajstić information content (AvgIpc) is 2.19. The van der Waals surface area contributed by atoms with Crippen LogP contribution in [-0.2, 0) is 0 Å². The molecule has 0 spiro atoms. The number of methoxy groups -OCH3 is 1. The van der Waals surface area contributed by atoms with Gasteiger partial charge in [-0.1, -0.05) is 36.7 Å². The molecule has 0 aliphatic heterocycles. The van der Waals surface area contributed by atoms with Crippen LogP contribution in [0.1, 0.15) is 37.3 Å². The first-order valence-electron chi connectivity index (χ1n) is 5.25. The van der Waals surface area contributed by atoms with E-state index < -0.39 is 0 Å². The molecule has 1 atom stereocenters. The molecule has 90 valence electrons. The zero-order chi connectivity index (χ0) is 12.5. The van der Waals surface area contributed by atoms with Gasteiger partial charge in [-0.25, -0.2) is 0 Å². The van der Waals surface area contributed by atoms with Gasteiger partial charge < -0.3 is 4.74 Å². The summed E-state index contributed by atoms with van der Waals surface area (Å²) in [7, 11) is 1.68. The quantitative estimate of drug-likeness (QED) is 0.691. The Bertz CT molecular complexity index is 382. The highest BCUT2D eigenvalue weighted by Crippen LogP contribution is 2.43. The molecule has 0 aromatic heterocycles. The van der Waals surface area contributed by atoms with Gasteiger partial charge in [-0.2, -0.15) is 0 Å². The molecule has 0 amide bonds. The maximum absolute atomic E-state index is 6.49. The number of ether oxygens (including phenoxy) is 1. The summed E-state index contributed by atoms with van der Waals surface area (Å²) in [6, 6.07) is 4.07. The molecule has 0 saturated carbocycles. The second-order valence-electron chi connectivity index (χ2n) is 5.07. The number of rotatable bonds is 2. The highest BCUT2D eigenvalue weighted by molar-refractivity contribution is 9.10. The molecular weight excluding hydrogens is 287 g/mol. The summed E-state index contributed by atoms with van der Waals surface area (Å²) < 4.78 is 6.46. The molecule has 1 unspecified atom stereocenters. The summed E-state index contributed by atoms with van der Waals surface area (Å²) in [6.07, 6.45) is 0. The molecule has 0 aliphatic rings. The third-order valence-electron chi connectivity index (χ3n) is 2.54. The second-order valence-corrected chi connectivity index (χ2v) is 6.36. The molecule has 0 heterocycles. The summed E-state index contributed by atoms with van der Waals surface area (Å²) in [5.41, 5.74) is 2.19. The van der Waals surface area contributed by atoms with Crippen molar-refractivity contribution in [1.82, 2.24) is 0 Å². The van der Waals surface area contributed by atoms with Crippen LogP contribution < -0.4 is 4.74 Å². The monoisotopic (exact) mass is 304 g/mol. The molecule has 16 heavy (non-hydrogen) atoms. The summed E-state index contributed by atoms with van der Waals surface area (Å²) >= 11 is 10.0. The van der Waals surface area contributed by atoms with Gasteiger partial charge in [-0.3, -0.25) is 0 Å². The predicted molar refractivity (Wildman–Crippen MR) is 73.5 cm³/mol. The summed E-state index contributed by atoms with van der Waals surface area (Å²) in [5.74, 6) is 0.857. The Labute approximate surface area is 111 Å². The van der Waals surface area contributed by atoms with Crippen LogP contribution in [0.5, 0.6) is 5.75 Å². The van der Waals surface area contributed by atoms with E-state index >= 15 is 0 Å². The minimum absolute atomic E-state index is 0.00351. The zero-order valence-electron chi connectivity index (χ0n) is 10.4. The molecule has 1 nitrogen and oxygen atoms in total. The lowest BCUT2D eigenvalue weighted by atomic mass is 9.87. The lowest BCUT2D eigenvalue weighted by molar-refractivity contribution is 0.369. The van der Waals surface area contributed by atoms with Crippen molar-refractivity contribution in [3.8, 4) is 5.75 Å². The number of aryl methyl sites for hydroxylation is 1. The fourth-order valence-corrected chi connectivity index (χ4v) is 2.04. The Balaban J connectivity index is 3.27. The second kappa shape index (κ2) is 4.97. The highest BCUT2D eigenvalue weighted by atomic mass is 79.9. The summed E-state index contributed by atoms with van der Waals surface area (Å²) in [5, 5.41) is -0.0700. The topological polar surface area (TPSA) is 9.23 Å². The van der Waals surface area contributed by atoms with Crippen molar-refractivity contribution >= 4 is 27.5 Å². The number of halogens is 2. The molecule has 1 aromatic carbocycles. The van der Waals surface area contributed by atoms with Crippen LogP contribution in [0.2, 0.25) is 0 Å². The molecule has 0 saturated heterocycles. The number of benzene rings is 1. The van der Waals surface area contributed by atoms with Gasteiger partial charge in [0.25, 0.3) is 0 Å². The number of hydrogen-bond acceptors (Lipinski definition) is 1. The van der Waals surface area contributed by atoms with Crippen LogP contribution in [0, 0.1) is 12.3 Å². The third kappa shape index (κ3) is 2.92. The Morgan fingerprint density at radius 3 is 2.31 bits per heavy atom. The normalized spacial score (nSPS) is 13.7. The maximum Gasteiger partial charge on any atom is 0.123 e. The SMILES string of the molecule is COc1cc(C)c(Br)cc1C(Cl)C(C)(C)C. The molecule has 0 fully saturated rings. The van der Waals surface area contributed by atoms with E-state index in [2.05, 4.69) is 42.8 Å². The molecule has 1 aromatic rings. The fraction of sp³-hybridized carbons (Fsp3) is 0.538. The van der Waals surface area contributed by atoms with Gasteiger partial charge in [-0.15, -0.1) is 11.6 Å². The van der Waals surface area contributed by atoms with E-state index in [1.807, 2.05) is 13.0 Å². The molecule has 0 aliphatic carbocycles. The van der Waals surface area contributed by atoms with Crippen molar-refractivity contribution in [1.29, 1.82) is 0 Å². The largest absolute Gasteiger partial charge is 0.496 e. The van der Waals surface area contributed by atoms with Gasteiger partial charge in [0.05, 0.1) is 12.5 Å². The van der Waals surface area contributed by atoms with Crippen LogP contribution in [0.4, 0.5) is 0 Å². The molecular formula is C13H18BrClO.